The molecular weight excluding hydrogens is 594 g/mol. The Morgan fingerprint density at radius 1 is 1.07 bits per heavy atom. The van der Waals surface area contributed by atoms with Crippen molar-refractivity contribution in [1.29, 1.82) is 0 Å². The first-order valence-corrected chi connectivity index (χ1v) is 15.7. The van der Waals surface area contributed by atoms with E-state index in [1.807, 2.05) is 64.1 Å². The van der Waals surface area contributed by atoms with Crippen LogP contribution in [0.5, 0.6) is 5.75 Å². The summed E-state index contributed by atoms with van der Waals surface area (Å²) in [6.45, 7) is 7.67. The molecule has 45 heavy (non-hydrogen) atoms. The highest BCUT2D eigenvalue weighted by molar-refractivity contribution is 6.34. The predicted octanol–water partition coefficient (Wildman–Crippen LogP) is 5.37. The number of nitrogens with zero attached hydrogens (tertiary/aromatic N) is 1. The lowest BCUT2D eigenvalue weighted by Crippen LogP contribution is -2.54. The van der Waals surface area contributed by atoms with Crippen LogP contribution < -0.4 is 15.4 Å². The summed E-state index contributed by atoms with van der Waals surface area (Å²) in [5.41, 5.74) is 0.0937. The van der Waals surface area contributed by atoms with Crippen LogP contribution >= 0.6 is 11.6 Å². The monoisotopic (exact) mass is 631 g/mol. The van der Waals surface area contributed by atoms with Gasteiger partial charge in [-0.1, -0.05) is 61.0 Å². The molecule has 3 unspecified atom stereocenters. The van der Waals surface area contributed by atoms with Crippen LogP contribution in [0, 0.1) is 24.7 Å². The number of aryl methyl sites for hydroxylation is 1. The summed E-state index contributed by atoms with van der Waals surface area (Å²) in [5.74, 6) is -2.58. The van der Waals surface area contributed by atoms with E-state index in [9.17, 15) is 19.5 Å². The Hall–Kier alpha value is -3.92. The number of rotatable bonds is 9. The molecule has 10 heteroatoms. The number of carbonyl (C=O) groups is 3. The van der Waals surface area contributed by atoms with Crippen LogP contribution in [0.15, 0.2) is 72.8 Å². The number of aliphatic hydroxyl groups is 1. The normalized spacial score (nSPS) is 28.9. The standard InChI is InChI=1S/C35H38ClN3O6/c1-5-44-24-16-14-23(15-17-24)37-31(41)27-28-33(43)39(26(19-40)22-11-7-6-8-12-22)30(35(28)18-21(3)34(27,4)45-35)32(42)38-29-20(2)10-9-13-25(29)36/h6-17,21,26-28,30,40H,5,18-19H2,1-4H3,(H,37,41)(H,38,42)/t21?,26-,27+,28+,30?,34-,35?/m1/s1. The molecular formula is C35H38ClN3O6. The van der Waals surface area contributed by atoms with Crippen molar-refractivity contribution in [3.8, 4) is 5.75 Å². The molecule has 3 amide bonds. The van der Waals surface area contributed by atoms with Crippen molar-refractivity contribution < 1.29 is 29.0 Å². The highest BCUT2D eigenvalue weighted by atomic mass is 35.5. The average molecular weight is 632 g/mol. The molecule has 236 valence electrons. The number of aliphatic hydroxyl groups excluding tert-OH is 1. The molecule has 3 heterocycles. The van der Waals surface area contributed by atoms with E-state index in [-0.39, 0.29) is 11.8 Å². The number of para-hydroxylation sites is 1. The average Bonchev–Trinajstić information content (AvgIpc) is 3.54. The third-order valence-corrected chi connectivity index (χ3v) is 10.2. The van der Waals surface area contributed by atoms with Gasteiger partial charge in [-0.2, -0.15) is 0 Å². The lowest BCUT2D eigenvalue weighted by molar-refractivity contribution is -0.148. The van der Waals surface area contributed by atoms with Crippen LogP contribution in [0.4, 0.5) is 11.4 Å². The van der Waals surface area contributed by atoms with Gasteiger partial charge in [0.1, 0.15) is 17.4 Å². The number of benzene rings is 3. The summed E-state index contributed by atoms with van der Waals surface area (Å²) in [6, 6.07) is 19.5. The molecule has 6 rings (SSSR count). The van der Waals surface area contributed by atoms with Crippen molar-refractivity contribution >= 4 is 40.7 Å². The zero-order valence-corrected chi connectivity index (χ0v) is 26.5. The summed E-state index contributed by atoms with van der Waals surface area (Å²) in [4.78, 5) is 44.8. The SMILES string of the molecule is CCOc1ccc(NC(=O)[C@@H]2[C@H]3C(=O)N([C@H](CO)c4ccccc4)C(C(=O)Nc4c(C)cccc4Cl)C34CC(C)[C@@]2(C)O4)cc1. The molecule has 2 bridgehead atoms. The van der Waals surface area contributed by atoms with Gasteiger partial charge >= 0.3 is 0 Å². The highest BCUT2D eigenvalue weighted by Crippen LogP contribution is 2.66. The number of likely N-dealkylation sites (tertiary alicyclic amines) is 1. The quantitative estimate of drug-likeness (QED) is 0.292. The second-order valence-electron chi connectivity index (χ2n) is 12.4. The van der Waals surface area contributed by atoms with E-state index in [4.69, 9.17) is 21.1 Å². The van der Waals surface area contributed by atoms with E-state index in [1.54, 1.807) is 36.4 Å². The number of hydrogen-bond acceptors (Lipinski definition) is 6. The minimum absolute atomic E-state index is 0.153. The van der Waals surface area contributed by atoms with Gasteiger partial charge in [-0.05, 0) is 74.6 Å². The van der Waals surface area contributed by atoms with Crippen LogP contribution in [-0.4, -0.2) is 58.2 Å². The van der Waals surface area contributed by atoms with E-state index < -0.39 is 53.5 Å². The molecule has 3 aliphatic heterocycles. The maximum absolute atomic E-state index is 14.7. The molecule has 0 radical (unpaired) electrons. The molecule has 1 spiro atoms. The molecule has 0 aliphatic carbocycles. The highest BCUT2D eigenvalue weighted by Gasteiger charge is 2.80. The van der Waals surface area contributed by atoms with Crippen LogP contribution in [0.3, 0.4) is 0 Å². The van der Waals surface area contributed by atoms with E-state index >= 15 is 0 Å². The van der Waals surface area contributed by atoms with Gasteiger partial charge < -0.3 is 30.1 Å². The van der Waals surface area contributed by atoms with Crippen LogP contribution in [-0.2, 0) is 19.1 Å². The van der Waals surface area contributed by atoms with Crippen LogP contribution in [0.1, 0.15) is 44.4 Å². The topological polar surface area (TPSA) is 117 Å². The van der Waals surface area contributed by atoms with Gasteiger partial charge in [-0.15, -0.1) is 0 Å². The van der Waals surface area contributed by atoms with Crippen molar-refractivity contribution in [3.63, 3.8) is 0 Å². The number of hydrogen-bond donors (Lipinski definition) is 3. The number of nitrogens with one attached hydrogen (secondary N) is 2. The molecule has 0 saturated carbocycles. The Morgan fingerprint density at radius 3 is 2.42 bits per heavy atom. The van der Waals surface area contributed by atoms with E-state index in [0.717, 1.165) is 5.56 Å². The smallest absolute Gasteiger partial charge is 0.250 e. The summed E-state index contributed by atoms with van der Waals surface area (Å²) >= 11 is 6.51. The minimum atomic E-state index is -1.31. The minimum Gasteiger partial charge on any atom is -0.494 e. The van der Waals surface area contributed by atoms with Crippen LogP contribution in [0.25, 0.3) is 0 Å². The van der Waals surface area contributed by atoms with E-state index in [0.29, 0.717) is 40.7 Å². The van der Waals surface area contributed by atoms with Crippen molar-refractivity contribution in [2.75, 3.05) is 23.8 Å². The number of halogens is 1. The third-order valence-electron chi connectivity index (χ3n) is 9.88. The van der Waals surface area contributed by atoms with Gasteiger partial charge in [0.2, 0.25) is 17.7 Å². The van der Waals surface area contributed by atoms with Gasteiger partial charge in [-0.25, -0.2) is 0 Å². The maximum Gasteiger partial charge on any atom is 0.250 e. The summed E-state index contributed by atoms with van der Waals surface area (Å²) in [5, 5.41) is 17.1. The maximum atomic E-state index is 14.7. The predicted molar refractivity (Wildman–Crippen MR) is 171 cm³/mol. The molecule has 9 nitrogen and oxygen atoms in total. The Balaban J connectivity index is 1.43. The molecule has 3 aliphatic rings. The summed E-state index contributed by atoms with van der Waals surface area (Å²) < 4.78 is 12.4. The number of carbonyl (C=O) groups excluding carboxylic acids is 3. The Bertz CT molecular complexity index is 1600. The largest absolute Gasteiger partial charge is 0.494 e. The van der Waals surface area contributed by atoms with Crippen molar-refractivity contribution in [3.05, 3.63) is 88.9 Å². The third kappa shape index (κ3) is 4.98. The van der Waals surface area contributed by atoms with Gasteiger partial charge in [0.15, 0.2) is 0 Å². The molecule has 3 N–H and O–H groups in total. The summed E-state index contributed by atoms with van der Waals surface area (Å²) in [7, 11) is 0. The molecule has 0 aromatic heterocycles. The van der Waals surface area contributed by atoms with Crippen LogP contribution in [0.2, 0.25) is 5.02 Å². The van der Waals surface area contributed by atoms with Crippen molar-refractivity contribution in [2.24, 2.45) is 17.8 Å². The first kappa shape index (κ1) is 31.1. The van der Waals surface area contributed by atoms with Gasteiger partial charge in [0.05, 0.1) is 47.4 Å². The van der Waals surface area contributed by atoms with Crippen molar-refractivity contribution in [1.82, 2.24) is 4.90 Å². The molecule has 3 saturated heterocycles. The lowest BCUT2D eigenvalue weighted by Gasteiger charge is -2.37. The molecule has 3 aromatic rings. The fourth-order valence-electron chi connectivity index (χ4n) is 7.74. The van der Waals surface area contributed by atoms with Gasteiger partial charge in [0, 0.05) is 5.69 Å². The first-order valence-electron chi connectivity index (χ1n) is 15.3. The molecule has 3 fully saturated rings. The summed E-state index contributed by atoms with van der Waals surface area (Å²) in [6.07, 6.45) is 0.385. The van der Waals surface area contributed by atoms with Gasteiger partial charge in [-0.3, -0.25) is 14.4 Å². The molecule has 7 atom stereocenters. The van der Waals surface area contributed by atoms with Crippen molar-refractivity contribution in [2.45, 2.75) is 57.4 Å². The lowest BCUT2D eigenvalue weighted by atomic mass is 9.62. The second-order valence-corrected chi connectivity index (χ2v) is 12.8. The Labute approximate surface area is 267 Å². The fraction of sp³-hybridized carbons (Fsp3) is 0.400. The zero-order valence-electron chi connectivity index (χ0n) is 25.7. The first-order chi connectivity index (χ1) is 21.6. The zero-order chi connectivity index (χ0) is 32.1. The Morgan fingerprint density at radius 2 is 1.78 bits per heavy atom. The fourth-order valence-corrected chi connectivity index (χ4v) is 8.01. The number of amides is 3. The number of fused-ring (bicyclic) bond motifs is 1. The number of ether oxygens (including phenoxy) is 2. The van der Waals surface area contributed by atoms with E-state index in [2.05, 4.69) is 10.6 Å². The number of anilines is 2. The van der Waals surface area contributed by atoms with E-state index in [1.165, 1.54) is 4.90 Å². The second kappa shape index (κ2) is 11.8. The Kier molecular flexibility index (Phi) is 8.14. The molecule has 3 aromatic carbocycles. The van der Waals surface area contributed by atoms with Gasteiger partial charge in [0.25, 0.3) is 0 Å².